The minimum absolute atomic E-state index is 0.0698. The second kappa shape index (κ2) is 9.17. The molecule has 150 valence electrons. The zero-order valence-corrected chi connectivity index (χ0v) is 18.1. The zero-order chi connectivity index (χ0) is 20.3. The number of piperazine rings is 1. The maximum atomic E-state index is 12.7. The van der Waals surface area contributed by atoms with Gasteiger partial charge in [0.15, 0.2) is 3.95 Å². The first kappa shape index (κ1) is 21.0. The zero-order valence-electron chi connectivity index (χ0n) is 15.7. The van der Waals surface area contributed by atoms with E-state index >= 15 is 0 Å². The van der Waals surface area contributed by atoms with E-state index in [9.17, 15) is 9.59 Å². The van der Waals surface area contributed by atoms with E-state index in [4.69, 9.17) is 28.6 Å². The number of aryl methyl sites for hydroxylation is 1. The Bertz CT molecular complexity index is 919. The standard InChI is InChI=1S/C19H22ClN3O3S2/c1-12-15(28-19(27)21-12)11-16(24)22-7-9-23(10-8-22)17(18(25)26-2)13-5-3-4-6-14(13)20/h3-6,17H,7-11H2,1-2H3,(H,21,27)/t17-/m1/s1. The van der Waals surface area contributed by atoms with Gasteiger partial charge in [0, 0.05) is 41.8 Å². The summed E-state index contributed by atoms with van der Waals surface area (Å²) in [6, 6.07) is 6.71. The van der Waals surface area contributed by atoms with Crippen LogP contribution in [-0.4, -0.2) is 59.9 Å². The Morgan fingerprint density at radius 3 is 2.54 bits per heavy atom. The predicted molar refractivity (Wildman–Crippen MR) is 112 cm³/mol. The van der Waals surface area contributed by atoms with Crippen molar-refractivity contribution in [3.8, 4) is 0 Å². The van der Waals surface area contributed by atoms with Crippen molar-refractivity contribution >= 4 is 47.0 Å². The van der Waals surface area contributed by atoms with E-state index in [0.29, 0.717) is 41.6 Å². The number of aromatic amines is 1. The fourth-order valence-electron chi connectivity index (χ4n) is 3.37. The van der Waals surface area contributed by atoms with Gasteiger partial charge in [0.1, 0.15) is 6.04 Å². The molecule has 9 heteroatoms. The molecule has 0 spiro atoms. The number of amides is 1. The Kier molecular flexibility index (Phi) is 6.87. The van der Waals surface area contributed by atoms with Crippen molar-refractivity contribution < 1.29 is 14.3 Å². The average Bonchev–Trinajstić information content (AvgIpc) is 3.00. The summed E-state index contributed by atoms with van der Waals surface area (Å²) in [7, 11) is 1.37. The van der Waals surface area contributed by atoms with Gasteiger partial charge in [-0.15, -0.1) is 11.3 Å². The summed E-state index contributed by atoms with van der Waals surface area (Å²) in [5.74, 6) is -0.282. The van der Waals surface area contributed by atoms with Gasteiger partial charge in [-0.1, -0.05) is 29.8 Å². The smallest absolute Gasteiger partial charge is 0.327 e. The number of hydrogen-bond donors (Lipinski definition) is 1. The molecule has 2 aromatic rings. The molecule has 1 fully saturated rings. The van der Waals surface area contributed by atoms with Crippen LogP contribution in [0.4, 0.5) is 0 Å². The third kappa shape index (κ3) is 4.63. The number of benzene rings is 1. The number of carbonyl (C=O) groups is 2. The monoisotopic (exact) mass is 439 g/mol. The molecule has 3 rings (SSSR count). The molecule has 0 saturated carbocycles. The van der Waals surface area contributed by atoms with Crippen LogP contribution in [0.1, 0.15) is 22.2 Å². The molecule has 1 aromatic carbocycles. The molecule has 0 aliphatic carbocycles. The lowest BCUT2D eigenvalue weighted by molar-refractivity contribution is -0.148. The number of carbonyl (C=O) groups excluding carboxylic acids is 2. The highest BCUT2D eigenvalue weighted by Gasteiger charge is 2.33. The van der Waals surface area contributed by atoms with Gasteiger partial charge in [0.2, 0.25) is 5.91 Å². The molecule has 0 radical (unpaired) electrons. The van der Waals surface area contributed by atoms with Gasteiger partial charge in [-0.2, -0.15) is 0 Å². The number of nitrogens with one attached hydrogen (secondary N) is 1. The van der Waals surface area contributed by atoms with Gasteiger partial charge in [-0.3, -0.25) is 9.69 Å². The summed E-state index contributed by atoms with van der Waals surface area (Å²) in [4.78, 5) is 33.0. The lowest BCUT2D eigenvalue weighted by Gasteiger charge is -2.38. The highest BCUT2D eigenvalue weighted by Crippen LogP contribution is 2.29. The summed E-state index contributed by atoms with van der Waals surface area (Å²) in [6.45, 7) is 4.16. The van der Waals surface area contributed by atoms with Crippen LogP contribution in [0.5, 0.6) is 0 Å². The number of esters is 1. The topological polar surface area (TPSA) is 65.6 Å². The average molecular weight is 440 g/mol. The number of hydrogen-bond acceptors (Lipinski definition) is 6. The lowest BCUT2D eigenvalue weighted by Crippen LogP contribution is -2.51. The predicted octanol–water partition coefficient (Wildman–Crippen LogP) is 3.37. The van der Waals surface area contributed by atoms with E-state index in [2.05, 4.69) is 4.98 Å². The first-order valence-corrected chi connectivity index (χ1v) is 10.5. The van der Waals surface area contributed by atoms with Crippen LogP contribution in [0, 0.1) is 10.9 Å². The molecule has 6 nitrogen and oxygen atoms in total. The van der Waals surface area contributed by atoms with Crippen LogP contribution in [0.2, 0.25) is 5.02 Å². The maximum Gasteiger partial charge on any atom is 0.327 e. The summed E-state index contributed by atoms with van der Waals surface area (Å²) >= 11 is 12.9. The van der Waals surface area contributed by atoms with E-state index in [1.54, 1.807) is 6.07 Å². The Hall–Kier alpha value is -1.74. The molecule has 1 amide bonds. The van der Waals surface area contributed by atoms with Crippen LogP contribution in [-0.2, 0) is 20.7 Å². The molecule has 1 saturated heterocycles. The van der Waals surface area contributed by atoms with Crippen molar-refractivity contribution in [1.82, 2.24) is 14.8 Å². The van der Waals surface area contributed by atoms with E-state index in [1.807, 2.05) is 34.9 Å². The number of aromatic nitrogens is 1. The highest BCUT2D eigenvalue weighted by molar-refractivity contribution is 7.73. The fraction of sp³-hybridized carbons (Fsp3) is 0.421. The molecular formula is C19H22ClN3O3S2. The first-order chi connectivity index (χ1) is 13.4. The molecule has 1 aliphatic rings. The largest absolute Gasteiger partial charge is 0.468 e. The summed E-state index contributed by atoms with van der Waals surface area (Å²) in [6.07, 6.45) is 0.342. The normalized spacial score (nSPS) is 16.0. The van der Waals surface area contributed by atoms with Gasteiger partial charge in [-0.05, 0) is 30.8 Å². The minimum atomic E-state index is -0.576. The van der Waals surface area contributed by atoms with Crippen molar-refractivity contribution in [1.29, 1.82) is 0 Å². The van der Waals surface area contributed by atoms with Crippen molar-refractivity contribution in [2.75, 3.05) is 33.3 Å². The van der Waals surface area contributed by atoms with Gasteiger partial charge < -0.3 is 14.6 Å². The summed E-state index contributed by atoms with van der Waals surface area (Å²) < 4.78 is 5.70. The number of halogens is 1. The number of methoxy groups -OCH3 is 1. The highest BCUT2D eigenvalue weighted by atomic mass is 35.5. The van der Waals surface area contributed by atoms with Crippen molar-refractivity contribution in [2.24, 2.45) is 0 Å². The molecule has 2 heterocycles. The molecular weight excluding hydrogens is 418 g/mol. The summed E-state index contributed by atoms with van der Waals surface area (Å²) in [5, 5.41) is 0.528. The molecule has 1 N–H and O–H groups in total. The lowest BCUT2D eigenvalue weighted by atomic mass is 10.0. The molecule has 0 unspecified atom stereocenters. The van der Waals surface area contributed by atoms with Gasteiger partial charge in [0.25, 0.3) is 0 Å². The van der Waals surface area contributed by atoms with Gasteiger partial charge in [-0.25, -0.2) is 4.79 Å². The van der Waals surface area contributed by atoms with Crippen LogP contribution < -0.4 is 0 Å². The number of thiazole rings is 1. The molecule has 28 heavy (non-hydrogen) atoms. The molecule has 1 atom stereocenters. The van der Waals surface area contributed by atoms with E-state index in [1.165, 1.54) is 18.4 Å². The van der Waals surface area contributed by atoms with E-state index in [-0.39, 0.29) is 11.9 Å². The molecule has 1 aliphatic heterocycles. The quantitative estimate of drug-likeness (QED) is 0.571. The third-order valence-electron chi connectivity index (χ3n) is 4.89. The second-order valence-corrected chi connectivity index (χ2v) is 8.78. The van der Waals surface area contributed by atoms with Crippen LogP contribution in [0.15, 0.2) is 24.3 Å². The fourth-order valence-corrected chi connectivity index (χ4v) is 4.89. The summed E-state index contributed by atoms with van der Waals surface area (Å²) in [5.41, 5.74) is 1.67. The van der Waals surface area contributed by atoms with Crippen LogP contribution in [0.25, 0.3) is 0 Å². The number of ether oxygens (including phenoxy) is 1. The van der Waals surface area contributed by atoms with Crippen LogP contribution >= 0.6 is 35.2 Å². The van der Waals surface area contributed by atoms with Crippen molar-refractivity contribution in [3.63, 3.8) is 0 Å². The Balaban J connectivity index is 1.68. The van der Waals surface area contributed by atoms with Crippen LogP contribution in [0.3, 0.4) is 0 Å². The Morgan fingerprint density at radius 1 is 1.29 bits per heavy atom. The molecule has 0 bridgehead atoms. The van der Waals surface area contributed by atoms with Crippen molar-refractivity contribution in [3.05, 3.63) is 49.4 Å². The first-order valence-electron chi connectivity index (χ1n) is 8.93. The van der Waals surface area contributed by atoms with E-state index in [0.717, 1.165) is 16.1 Å². The van der Waals surface area contributed by atoms with Gasteiger partial charge >= 0.3 is 5.97 Å². The second-order valence-electron chi connectivity index (χ2n) is 6.60. The molecule has 1 aromatic heterocycles. The Morgan fingerprint density at radius 2 is 1.96 bits per heavy atom. The van der Waals surface area contributed by atoms with Crippen molar-refractivity contribution in [2.45, 2.75) is 19.4 Å². The third-order valence-corrected chi connectivity index (χ3v) is 6.57. The number of rotatable bonds is 5. The Labute approximate surface area is 178 Å². The number of H-pyrrole nitrogens is 1. The van der Waals surface area contributed by atoms with E-state index < -0.39 is 6.04 Å². The number of nitrogens with zero attached hydrogens (tertiary/aromatic N) is 2. The maximum absolute atomic E-state index is 12.7. The van der Waals surface area contributed by atoms with Gasteiger partial charge in [0.05, 0.1) is 13.5 Å². The SMILES string of the molecule is COC(=O)[C@@H](c1ccccc1Cl)N1CCN(C(=O)Cc2sc(=S)[nH]c2C)CC1. The minimum Gasteiger partial charge on any atom is -0.468 e.